The zero-order valence-corrected chi connectivity index (χ0v) is 10.7. The highest BCUT2D eigenvalue weighted by atomic mass is 32.1. The van der Waals surface area contributed by atoms with Gasteiger partial charge in [-0.05, 0) is 31.2 Å². The zero-order chi connectivity index (χ0) is 12.7. The van der Waals surface area contributed by atoms with Gasteiger partial charge in [-0.15, -0.1) is 11.3 Å². The highest BCUT2D eigenvalue weighted by Gasteiger charge is 2.14. The highest BCUT2D eigenvalue weighted by molar-refractivity contribution is 7.09. The van der Waals surface area contributed by atoms with Crippen molar-refractivity contribution < 1.29 is 14.7 Å². The van der Waals surface area contributed by atoms with Crippen LogP contribution in [-0.2, 0) is 16.0 Å². The number of aryl methyl sites for hydroxylation is 1. The Morgan fingerprint density at radius 3 is 2.76 bits per heavy atom. The molecule has 1 aromatic rings. The minimum atomic E-state index is -0.960. The van der Waals surface area contributed by atoms with Crippen LogP contribution in [0.25, 0.3) is 0 Å². The number of hydrogen-bond acceptors (Lipinski definition) is 3. The number of thiophene rings is 1. The number of nitrogens with zero attached hydrogens (tertiary/aromatic N) is 1. The molecule has 0 fully saturated rings. The second kappa shape index (κ2) is 7.06. The van der Waals surface area contributed by atoms with Gasteiger partial charge >= 0.3 is 5.97 Å². The standard InChI is InChI=1S/C12H17NO3S/c1-2-13(9-12(15)16)11(14)7-3-5-10-6-4-8-17-10/h4,6,8H,2-3,5,7,9H2,1H3,(H,15,16). The maximum atomic E-state index is 11.7. The van der Waals surface area contributed by atoms with E-state index in [4.69, 9.17) is 5.11 Å². The van der Waals surface area contributed by atoms with Crippen LogP contribution in [0, 0.1) is 0 Å². The molecular weight excluding hydrogens is 238 g/mol. The minimum absolute atomic E-state index is 0.0774. The Balaban J connectivity index is 2.29. The number of carboxylic acids is 1. The van der Waals surface area contributed by atoms with Crippen LogP contribution in [0.3, 0.4) is 0 Å². The van der Waals surface area contributed by atoms with Gasteiger partial charge in [-0.2, -0.15) is 0 Å². The summed E-state index contributed by atoms with van der Waals surface area (Å²) in [5.74, 6) is -1.04. The molecule has 1 aromatic heterocycles. The van der Waals surface area contributed by atoms with Gasteiger partial charge < -0.3 is 10.0 Å². The van der Waals surface area contributed by atoms with Gasteiger partial charge in [-0.25, -0.2) is 0 Å². The van der Waals surface area contributed by atoms with Crippen molar-refractivity contribution in [3.05, 3.63) is 22.4 Å². The molecule has 0 atom stereocenters. The van der Waals surface area contributed by atoms with E-state index in [0.717, 1.165) is 12.8 Å². The normalized spacial score (nSPS) is 10.2. The van der Waals surface area contributed by atoms with E-state index in [-0.39, 0.29) is 12.5 Å². The molecule has 0 spiro atoms. The molecule has 0 unspecified atom stereocenters. The van der Waals surface area contributed by atoms with Crippen LogP contribution in [0.2, 0.25) is 0 Å². The molecular formula is C12H17NO3S. The van der Waals surface area contributed by atoms with Gasteiger partial charge in [0.2, 0.25) is 5.91 Å². The predicted molar refractivity (Wildman–Crippen MR) is 67.1 cm³/mol. The van der Waals surface area contributed by atoms with E-state index in [1.807, 2.05) is 17.5 Å². The first-order valence-electron chi connectivity index (χ1n) is 5.65. The van der Waals surface area contributed by atoms with E-state index < -0.39 is 5.97 Å². The molecule has 0 saturated heterocycles. The lowest BCUT2D eigenvalue weighted by atomic mass is 10.2. The number of likely N-dealkylation sites (N-methyl/N-ethyl adjacent to an activating group) is 1. The van der Waals surface area contributed by atoms with E-state index in [1.165, 1.54) is 9.78 Å². The molecule has 0 aliphatic carbocycles. The summed E-state index contributed by atoms with van der Waals surface area (Å²) in [5, 5.41) is 10.7. The van der Waals surface area contributed by atoms with Gasteiger partial charge in [-0.3, -0.25) is 9.59 Å². The summed E-state index contributed by atoms with van der Waals surface area (Å²) < 4.78 is 0. The van der Waals surface area contributed by atoms with Crippen LogP contribution >= 0.6 is 11.3 Å². The second-order valence-electron chi connectivity index (χ2n) is 3.73. The third-order valence-electron chi connectivity index (χ3n) is 2.45. The molecule has 1 heterocycles. The topological polar surface area (TPSA) is 57.6 Å². The second-order valence-corrected chi connectivity index (χ2v) is 4.77. The zero-order valence-electron chi connectivity index (χ0n) is 9.89. The van der Waals surface area contributed by atoms with E-state index in [0.29, 0.717) is 13.0 Å². The Labute approximate surface area is 105 Å². The minimum Gasteiger partial charge on any atom is -0.480 e. The number of amides is 1. The lowest BCUT2D eigenvalue weighted by Gasteiger charge is -2.18. The van der Waals surface area contributed by atoms with Crippen molar-refractivity contribution in [2.24, 2.45) is 0 Å². The fourth-order valence-corrected chi connectivity index (χ4v) is 2.32. The van der Waals surface area contributed by atoms with Crippen molar-refractivity contribution in [2.75, 3.05) is 13.1 Å². The van der Waals surface area contributed by atoms with Crippen LogP contribution < -0.4 is 0 Å². The molecule has 1 N–H and O–H groups in total. The number of carbonyl (C=O) groups is 2. The molecule has 0 aliphatic heterocycles. The van der Waals surface area contributed by atoms with Crippen LogP contribution in [0.1, 0.15) is 24.6 Å². The summed E-state index contributed by atoms with van der Waals surface area (Å²) in [4.78, 5) is 24.9. The van der Waals surface area contributed by atoms with Gasteiger partial charge in [-0.1, -0.05) is 6.07 Å². The molecule has 4 nitrogen and oxygen atoms in total. The number of carboxylic acid groups (broad SMARTS) is 1. The predicted octanol–water partition coefficient (Wildman–Crippen LogP) is 2.00. The largest absolute Gasteiger partial charge is 0.480 e. The van der Waals surface area contributed by atoms with Crippen molar-refractivity contribution in [1.82, 2.24) is 4.90 Å². The summed E-state index contributed by atoms with van der Waals surface area (Å²) in [5.41, 5.74) is 0. The summed E-state index contributed by atoms with van der Waals surface area (Å²) in [6, 6.07) is 4.04. The SMILES string of the molecule is CCN(CC(=O)O)C(=O)CCCc1cccs1. The Morgan fingerprint density at radius 2 is 2.24 bits per heavy atom. The quantitative estimate of drug-likeness (QED) is 0.810. The maximum Gasteiger partial charge on any atom is 0.323 e. The average Bonchev–Trinajstić information content (AvgIpc) is 2.78. The first-order chi connectivity index (χ1) is 8.13. The smallest absolute Gasteiger partial charge is 0.323 e. The summed E-state index contributed by atoms with van der Waals surface area (Å²) in [6.07, 6.45) is 2.07. The number of aliphatic carboxylic acids is 1. The van der Waals surface area contributed by atoms with Crippen molar-refractivity contribution in [2.45, 2.75) is 26.2 Å². The van der Waals surface area contributed by atoms with Crippen molar-refractivity contribution in [1.29, 1.82) is 0 Å². The van der Waals surface area contributed by atoms with E-state index in [1.54, 1.807) is 18.3 Å². The summed E-state index contributed by atoms with van der Waals surface area (Å²) >= 11 is 1.68. The van der Waals surface area contributed by atoms with Crippen LogP contribution in [-0.4, -0.2) is 35.0 Å². The molecule has 0 radical (unpaired) electrons. The first-order valence-corrected chi connectivity index (χ1v) is 6.53. The Kier molecular flexibility index (Phi) is 5.69. The molecule has 0 aliphatic rings. The molecule has 5 heteroatoms. The third kappa shape index (κ3) is 4.99. The molecule has 0 saturated carbocycles. The van der Waals surface area contributed by atoms with E-state index >= 15 is 0 Å². The van der Waals surface area contributed by atoms with Crippen molar-refractivity contribution >= 4 is 23.2 Å². The fourth-order valence-electron chi connectivity index (χ4n) is 1.57. The number of carbonyl (C=O) groups excluding carboxylic acids is 1. The van der Waals surface area contributed by atoms with Gasteiger partial charge in [0.15, 0.2) is 0 Å². The Bertz CT molecular complexity index is 362. The molecule has 1 amide bonds. The van der Waals surface area contributed by atoms with Gasteiger partial charge in [0.25, 0.3) is 0 Å². The lowest BCUT2D eigenvalue weighted by molar-refractivity contribution is -0.144. The van der Waals surface area contributed by atoms with Gasteiger partial charge in [0.05, 0.1) is 0 Å². The molecule has 0 aromatic carbocycles. The molecule has 94 valence electrons. The van der Waals surface area contributed by atoms with Gasteiger partial charge in [0.1, 0.15) is 6.54 Å². The number of rotatable bonds is 7. The van der Waals surface area contributed by atoms with Crippen molar-refractivity contribution in [3.8, 4) is 0 Å². The number of hydrogen-bond donors (Lipinski definition) is 1. The molecule has 17 heavy (non-hydrogen) atoms. The first kappa shape index (κ1) is 13.7. The van der Waals surface area contributed by atoms with Crippen LogP contribution in [0.15, 0.2) is 17.5 Å². The maximum absolute atomic E-state index is 11.7. The monoisotopic (exact) mass is 255 g/mol. The molecule has 0 bridgehead atoms. The van der Waals surface area contributed by atoms with Crippen molar-refractivity contribution in [3.63, 3.8) is 0 Å². The third-order valence-corrected chi connectivity index (χ3v) is 3.39. The fraction of sp³-hybridized carbons (Fsp3) is 0.500. The highest BCUT2D eigenvalue weighted by Crippen LogP contribution is 2.12. The summed E-state index contributed by atoms with van der Waals surface area (Å²) in [7, 11) is 0. The molecule has 1 rings (SSSR count). The van der Waals surface area contributed by atoms with Gasteiger partial charge in [0, 0.05) is 17.8 Å². The lowest BCUT2D eigenvalue weighted by Crippen LogP contribution is -2.35. The van der Waals surface area contributed by atoms with E-state index in [2.05, 4.69) is 0 Å². The summed E-state index contributed by atoms with van der Waals surface area (Å²) in [6.45, 7) is 2.04. The van der Waals surface area contributed by atoms with Crippen LogP contribution in [0.4, 0.5) is 0 Å². The van der Waals surface area contributed by atoms with E-state index in [9.17, 15) is 9.59 Å². The average molecular weight is 255 g/mol. The van der Waals surface area contributed by atoms with Crippen LogP contribution in [0.5, 0.6) is 0 Å². The Morgan fingerprint density at radius 1 is 1.47 bits per heavy atom. The Hall–Kier alpha value is -1.36.